The third-order valence-corrected chi connectivity index (χ3v) is 1.63. The monoisotopic (exact) mass is 126 g/mol. The van der Waals surface area contributed by atoms with Gasteiger partial charge in [-0.2, -0.15) is 0 Å². The maximum absolute atomic E-state index is 5.46. The summed E-state index contributed by atoms with van der Waals surface area (Å²) in [7, 11) is 0. The van der Waals surface area contributed by atoms with Crippen molar-refractivity contribution in [2.24, 2.45) is 5.73 Å². The van der Waals surface area contributed by atoms with Gasteiger partial charge in [0.25, 0.3) is 0 Å². The van der Waals surface area contributed by atoms with Gasteiger partial charge >= 0.3 is 0 Å². The summed E-state index contributed by atoms with van der Waals surface area (Å²) in [5.74, 6) is 0. The fourth-order valence-corrected chi connectivity index (χ4v) is 1.03. The molecule has 1 aliphatic heterocycles. The second kappa shape index (κ2) is 3.64. The van der Waals surface area contributed by atoms with Crippen molar-refractivity contribution in [2.45, 2.75) is 12.8 Å². The predicted octanol–water partition coefficient (Wildman–Crippen LogP) is 0.555. The van der Waals surface area contributed by atoms with Crippen molar-refractivity contribution in [1.82, 2.24) is 4.90 Å². The lowest BCUT2D eigenvalue weighted by atomic mass is 10.3. The minimum atomic E-state index is 0.699. The molecule has 0 spiro atoms. The second-order valence-corrected chi connectivity index (χ2v) is 2.37. The lowest BCUT2D eigenvalue weighted by molar-refractivity contribution is 0.314. The van der Waals surface area contributed by atoms with Crippen molar-refractivity contribution in [2.75, 3.05) is 19.8 Å². The Balaban J connectivity index is 2.29. The zero-order chi connectivity index (χ0) is 6.53. The van der Waals surface area contributed by atoms with Crippen molar-refractivity contribution in [3.05, 3.63) is 12.2 Å². The molecule has 0 amide bonds. The zero-order valence-corrected chi connectivity index (χ0v) is 5.71. The Bertz CT molecular complexity index is 99.1. The van der Waals surface area contributed by atoms with E-state index >= 15 is 0 Å². The van der Waals surface area contributed by atoms with E-state index in [0.717, 1.165) is 13.1 Å². The van der Waals surface area contributed by atoms with Crippen LogP contribution in [0.15, 0.2) is 12.2 Å². The third kappa shape index (κ3) is 2.16. The molecule has 1 rings (SSSR count). The van der Waals surface area contributed by atoms with E-state index in [0.29, 0.717) is 6.67 Å². The van der Waals surface area contributed by atoms with Gasteiger partial charge in [0.15, 0.2) is 0 Å². The first kappa shape index (κ1) is 6.78. The Morgan fingerprint density at radius 2 is 2.33 bits per heavy atom. The van der Waals surface area contributed by atoms with Gasteiger partial charge in [-0.3, -0.25) is 4.90 Å². The molecular weight excluding hydrogens is 112 g/mol. The van der Waals surface area contributed by atoms with Gasteiger partial charge in [0, 0.05) is 13.2 Å². The third-order valence-electron chi connectivity index (χ3n) is 1.63. The van der Waals surface area contributed by atoms with Crippen LogP contribution in [0.4, 0.5) is 0 Å². The number of nitrogens with two attached hydrogens (primary N) is 1. The standard InChI is InChI=1S/C7H14N2/c8-7-9-5-3-1-2-4-6-9/h1,3H,2,4-8H2. The van der Waals surface area contributed by atoms with E-state index in [9.17, 15) is 0 Å². The largest absolute Gasteiger partial charge is 0.318 e. The molecule has 0 aromatic heterocycles. The average molecular weight is 126 g/mol. The van der Waals surface area contributed by atoms with Gasteiger partial charge in [-0.25, -0.2) is 0 Å². The van der Waals surface area contributed by atoms with Crippen LogP contribution in [0, 0.1) is 0 Å². The first-order valence-corrected chi connectivity index (χ1v) is 3.51. The fraction of sp³-hybridized carbons (Fsp3) is 0.714. The summed E-state index contributed by atoms with van der Waals surface area (Å²) in [5.41, 5.74) is 5.46. The van der Waals surface area contributed by atoms with E-state index in [4.69, 9.17) is 5.73 Å². The van der Waals surface area contributed by atoms with Crippen molar-refractivity contribution < 1.29 is 0 Å². The quantitative estimate of drug-likeness (QED) is 0.520. The minimum absolute atomic E-state index is 0.699. The molecular formula is C7H14N2. The molecule has 52 valence electrons. The van der Waals surface area contributed by atoms with Gasteiger partial charge in [0.2, 0.25) is 0 Å². The summed E-state index contributed by atoms with van der Waals surface area (Å²) in [5, 5.41) is 0. The molecule has 0 aromatic carbocycles. The Morgan fingerprint density at radius 1 is 1.44 bits per heavy atom. The Labute approximate surface area is 56.3 Å². The topological polar surface area (TPSA) is 29.3 Å². The lowest BCUT2D eigenvalue weighted by Crippen LogP contribution is -2.30. The molecule has 2 heteroatoms. The summed E-state index contributed by atoms with van der Waals surface area (Å²) < 4.78 is 0. The van der Waals surface area contributed by atoms with Gasteiger partial charge in [-0.1, -0.05) is 12.2 Å². The summed E-state index contributed by atoms with van der Waals surface area (Å²) in [6, 6.07) is 0. The summed E-state index contributed by atoms with van der Waals surface area (Å²) in [6.45, 7) is 2.89. The van der Waals surface area contributed by atoms with Crippen LogP contribution in [0.2, 0.25) is 0 Å². The van der Waals surface area contributed by atoms with Crippen molar-refractivity contribution in [3.63, 3.8) is 0 Å². The summed E-state index contributed by atoms with van der Waals surface area (Å²) in [6.07, 6.45) is 6.90. The second-order valence-electron chi connectivity index (χ2n) is 2.37. The highest BCUT2D eigenvalue weighted by molar-refractivity contribution is 4.87. The van der Waals surface area contributed by atoms with E-state index in [-0.39, 0.29) is 0 Å². The molecule has 0 bridgehead atoms. The van der Waals surface area contributed by atoms with Crippen LogP contribution in [0.5, 0.6) is 0 Å². The number of hydrogen-bond acceptors (Lipinski definition) is 2. The molecule has 0 unspecified atom stereocenters. The SMILES string of the molecule is NCN1CC=CCCC1. The first-order chi connectivity index (χ1) is 4.43. The Morgan fingerprint density at radius 3 is 3.11 bits per heavy atom. The van der Waals surface area contributed by atoms with E-state index in [1.54, 1.807) is 0 Å². The molecule has 0 aromatic rings. The molecule has 1 heterocycles. The number of rotatable bonds is 1. The fourth-order valence-electron chi connectivity index (χ4n) is 1.03. The highest BCUT2D eigenvalue weighted by Gasteiger charge is 2.00. The highest BCUT2D eigenvalue weighted by Crippen LogP contribution is 2.00. The molecule has 9 heavy (non-hydrogen) atoms. The number of nitrogens with zero attached hydrogens (tertiary/aromatic N) is 1. The van der Waals surface area contributed by atoms with Crippen LogP contribution in [0.25, 0.3) is 0 Å². The van der Waals surface area contributed by atoms with E-state index in [1.807, 2.05) is 0 Å². The van der Waals surface area contributed by atoms with Gasteiger partial charge in [-0.15, -0.1) is 0 Å². The van der Waals surface area contributed by atoms with Gasteiger partial charge in [-0.05, 0) is 19.4 Å². The smallest absolute Gasteiger partial charge is 0.0458 e. The van der Waals surface area contributed by atoms with Crippen LogP contribution < -0.4 is 5.73 Å². The van der Waals surface area contributed by atoms with Crippen LogP contribution in [-0.4, -0.2) is 24.7 Å². The molecule has 0 saturated heterocycles. The molecule has 1 aliphatic rings. The van der Waals surface area contributed by atoms with Gasteiger partial charge in [0.1, 0.15) is 0 Å². The predicted molar refractivity (Wildman–Crippen MR) is 39.0 cm³/mol. The Hall–Kier alpha value is -0.340. The van der Waals surface area contributed by atoms with Gasteiger partial charge in [0.05, 0.1) is 0 Å². The number of hydrogen-bond donors (Lipinski definition) is 1. The lowest BCUT2D eigenvalue weighted by Gasteiger charge is -2.14. The normalized spacial score (nSPS) is 21.9. The van der Waals surface area contributed by atoms with Crippen LogP contribution in [-0.2, 0) is 0 Å². The van der Waals surface area contributed by atoms with Gasteiger partial charge < -0.3 is 5.73 Å². The van der Waals surface area contributed by atoms with Crippen molar-refractivity contribution in [1.29, 1.82) is 0 Å². The van der Waals surface area contributed by atoms with Crippen molar-refractivity contribution >= 4 is 0 Å². The van der Waals surface area contributed by atoms with E-state index < -0.39 is 0 Å². The van der Waals surface area contributed by atoms with Crippen LogP contribution in [0.3, 0.4) is 0 Å². The molecule has 2 nitrogen and oxygen atoms in total. The van der Waals surface area contributed by atoms with E-state index in [1.165, 1.54) is 12.8 Å². The maximum atomic E-state index is 5.46. The zero-order valence-electron chi connectivity index (χ0n) is 5.71. The maximum Gasteiger partial charge on any atom is 0.0458 e. The number of allylic oxidation sites excluding steroid dienone is 1. The van der Waals surface area contributed by atoms with Crippen LogP contribution >= 0.6 is 0 Å². The van der Waals surface area contributed by atoms with E-state index in [2.05, 4.69) is 17.1 Å². The molecule has 0 radical (unpaired) electrons. The average Bonchev–Trinajstić information content (AvgIpc) is 2.13. The van der Waals surface area contributed by atoms with Crippen LogP contribution in [0.1, 0.15) is 12.8 Å². The summed E-state index contributed by atoms with van der Waals surface area (Å²) in [4.78, 5) is 2.24. The van der Waals surface area contributed by atoms with Crippen molar-refractivity contribution in [3.8, 4) is 0 Å². The molecule has 0 atom stereocenters. The minimum Gasteiger partial charge on any atom is -0.318 e. The molecule has 0 saturated carbocycles. The molecule has 0 fully saturated rings. The molecule has 0 aliphatic carbocycles. The highest BCUT2D eigenvalue weighted by atomic mass is 15.2. The molecule has 2 N–H and O–H groups in total. The summed E-state index contributed by atoms with van der Waals surface area (Å²) >= 11 is 0. The first-order valence-electron chi connectivity index (χ1n) is 3.51. The Kier molecular flexibility index (Phi) is 2.74.